The maximum Gasteiger partial charge on any atom is 0.269 e. The van der Waals surface area contributed by atoms with Gasteiger partial charge in [0.2, 0.25) is 0 Å². The fourth-order valence-electron chi connectivity index (χ4n) is 0.912. The van der Waals surface area contributed by atoms with E-state index in [9.17, 15) is 18.0 Å². The van der Waals surface area contributed by atoms with Crippen molar-refractivity contribution in [2.75, 3.05) is 0 Å². The van der Waals surface area contributed by atoms with Crippen molar-refractivity contribution in [3.8, 4) is 0 Å². The first-order valence-electron chi connectivity index (χ1n) is 3.46. The summed E-state index contributed by atoms with van der Waals surface area (Å²) in [5, 5.41) is 0. The van der Waals surface area contributed by atoms with Gasteiger partial charge in [0.15, 0.2) is 11.4 Å². The van der Waals surface area contributed by atoms with E-state index in [2.05, 4.69) is 0 Å². The zero-order chi connectivity index (χ0) is 10.0. The summed E-state index contributed by atoms with van der Waals surface area (Å²) in [5.41, 5.74) is 2.77. The van der Waals surface area contributed by atoms with Crippen LogP contribution in [-0.4, -0.2) is 4.98 Å². The van der Waals surface area contributed by atoms with Crippen molar-refractivity contribution in [2.45, 2.75) is 13.0 Å². The average molecular weight is 192 g/mol. The largest absolute Gasteiger partial charge is 0.338 e. The Balaban J connectivity index is 3.37. The molecule has 3 N–H and O–H groups in total. The summed E-state index contributed by atoms with van der Waals surface area (Å²) in [6.45, 7) is -0.401. The fraction of sp³-hybridized carbons (Fsp3) is 0.286. The lowest BCUT2D eigenvalue weighted by atomic mass is 10.2. The molecular formula is C7H7F3N2O. The number of nitrogens with two attached hydrogens (primary N) is 1. The molecule has 1 rings (SSSR count). The fourth-order valence-corrected chi connectivity index (χ4v) is 0.912. The smallest absolute Gasteiger partial charge is 0.269 e. The molecule has 0 amide bonds. The third-order valence-electron chi connectivity index (χ3n) is 1.59. The van der Waals surface area contributed by atoms with Crippen LogP contribution in [0.25, 0.3) is 0 Å². The number of alkyl halides is 2. The van der Waals surface area contributed by atoms with Gasteiger partial charge in [-0.3, -0.25) is 4.79 Å². The van der Waals surface area contributed by atoms with E-state index in [1.54, 1.807) is 0 Å². The van der Waals surface area contributed by atoms with E-state index in [4.69, 9.17) is 5.73 Å². The monoisotopic (exact) mass is 192 g/mol. The molecule has 13 heavy (non-hydrogen) atoms. The van der Waals surface area contributed by atoms with Gasteiger partial charge in [-0.15, -0.1) is 0 Å². The molecule has 0 atom stereocenters. The maximum atomic E-state index is 12.7. The van der Waals surface area contributed by atoms with E-state index in [1.165, 1.54) is 0 Å². The SMILES string of the molecule is NCc1c(F)[nH]cc(C(F)F)c1=O. The molecule has 0 fully saturated rings. The summed E-state index contributed by atoms with van der Waals surface area (Å²) < 4.78 is 36.9. The number of nitrogens with one attached hydrogen (secondary N) is 1. The molecule has 0 aliphatic carbocycles. The minimum atomic E-state index is -2.92. The molecule has 0 bridgehead atoms. The number of rotatable bonds is 2. The first-order valence-corrected chi connectivity index (χ1v) is 3.46. The number of aromatic nitrogens is 1. The highest BCUT2D eigenvalue weighted by Crippen LogP contribution is 2.14. The van der Waals surface area contributed by atoms with Gasteiger partial charge in [0, 0.05) is 12.7 Å². The zero-order valence-corrected chi connectivity index (χ0v) is 6.48. The predicted molar refractivity (Wildman–Crippen MR) is 39.9 cm³/mol. The van der Waals surface area contributed by atoms with Crippen LogP contribution in [0.1, 0.15) is 17.6 Å². The summed E-state index contributed by atoms with van der Waals surface area (Å²) in [6.07, 6.45) is -2.27. The summed E-state index contributed by atoms with van der Waals surface area (Å²) in [4.78, 5) is 13.0. The molecule has 1 aromatic heterocycles. The summed E-state index contributed by atoms with van der Waals surface area (Å²) >= 11 is 0. The molecule has 0 unspecified atom stereocenters. The Morgan fingerprint density at radius 2 is 2.15 bits per heavy atom. The van der Waals surface area contributed by atoms with E-state index < -0.39 is 35.5 Å². The van der Waals surface area contributed by atoms with Crippen LogP contribution in [0.15, 0.2) is 11.0 Å². The zero-order valence-electron chi connectivity index (χ0n) is 6.48. The van der Waals surface area contributed by atoms with Crippen molar-refractivity contribution in [2.24, 2.45) is 5.73 Å². The van der Waals surface area contributed by atoms with E-state index in [1.807, 2.05) is 4.98 Å². The Bertz CT molecular complexity index is 361. The highest BCUT2D eigenvalue weighted by molar-refractivity contribution is 5.20. The lowest BCUT2D eigenvalue weighted by molar-refractivity contribution is 0.149. The minimum absolute atomic E-state index is 0.401. The number of pyridine rings is 1. The Labute approximate surface area is 71.4 Å². The van der Waals surface area contributed by atoms with Crippen molar-refractivity contribution in [1.82, 2.24) is 4.98 Å². The summed E-state index contributed by atoms with van der Waals surface area (Å²) in [7, 11) is 0. The molecule has 0 spiro atoms. The Kier molecular flexibility index (Phi) is 2.72. The lowest BCUT2D eigenvalue weighted by Gasteiger charge is -2.02. The van der Waals surface area contributed by atoms with E-state index in [0.717, 1.165) is 0 Å². The Morgan fingerprint density at radius 1 is 1.54 bits per heavy atom. The molecular weight excluding hydrogens is 185 g/mol. The molecule has 1 heterocycles. The van der Waals surface area contributed by atoms with Gasteiger partial charge in [-0.05, 0) is 0 Å². The van der Waals surface area contributed by atoms with Gasteiger partial charge in [0.05, 0.1) is 11.1 Å². The van der Waals surface area contributed by atoms with Crippen molar-refractivity contribution >= 4 is 0 Å². The molecule has 0 radical (unpaired) electrons. The number of hydrogen-bond acceptors (Lipinski definition) is 2. The second kappa shape index (κ2) is 3.61. The Morgan fingerprint density at radius 3 is 2.62 bits per heavy atom. The second-order valence-electron chi connectivity index (χ2n) is 2.37. The van der Waals surface area contributed by atoms with Gasteiger partial charge >= 0.3 is 0 Å². The van der Waals surface area contributed by atoms with Crippen LogP contribution in [-0.2, 0) is 6.54 Å². The van der Waals surface area contributed by atoms with Gasteiger partial charge in [-0.25, -0.2) is 8.78 Å². The van der Waals surface area contributed by atoms with Crippen LogP contribution in [0.3, 0.4) is 0 Å². The van der Waals surface area contributed by atoms with Crippen LogP contribution in [0, 0.1) is 5.95 Å². The molecule has 3 nitrogen and oxygen atoms in total. The quantitative estimate of drug-likeness (QED) is 0.684. The maximum absolute atomic E-state index is 12.7. The number of halogens is 3. The topological polar surface area (TPSA) is 58.9 Å². The van der Waals surface area contributed by atoms with E-state index in [-0.39, 0.29) is 0 Å². The van der Waals surface area contributed by atoms with Gasteiger partial charge in [-0.2, -0.15) is 4.39 Å². The van der Waals surface area contributed by atoms with Crippen LogP contribution < -0.4 is 11.2 Å². The van der Waals surface area contributed by atoms with E-state index >= 15 is 0 Å². The lowest BCUT2D eigenvalue weighted by Crippen LogP contribution is -2.20. The van der Waals surface area contributed by atoms with Gasteiger partial charge in [0.25, 0.3) is 6.43 Å². The van der Waals surface area contributed by atoms with Crippen molar-refractivity contribution < 1.29 is 13.2 Å². The third kappa shape index (κ3) is 1.72. The molecule has 0 aromatic carbocycles. The van der Waals surface area contributed by atoms with Crippen LogP contribution in [0.2, 0.25) is 0 Å². The van der Waals surface area contributed by atoms with Crippen molar-refractivity contribution in [3.63, 3.8) is 0 Å². The second-order valence-corrected chi connectivity index (χ2v) is 2.37. The first kappa shape index (κ1) is 9.79. The molecule has 6 heteroatoms. The van der Waals surface area contributed by atoms with Crippen LogP contribution >= 0.6 is 0 Å². The van der Waals surface area contributed by atoms with Crippen LogP contribution in [0.5, 0.6) is 0 Å². The van der Waals surface area contributed by atoms with Crippen molar-refractivity contribution in [1.29, 1.82) is 0 Å². The third-order valence-corrected chi connectivity index (χ3v) is 1.59. The Hall–Kier alpha value is -1.30. The number of hydrogen-bond donors (Lipinski definition) is 2. The first-order chi connectivity index (χ1) is 6.07. The van der Waals surface area contributed by atoms with Crippen LogP contribution in [0.4, 0.5) is 13.2 Å². The summed E-state index contributed by atoms with van der Waals surface area (Å²) in [5.74, 6) is -0.961. The standard InChI is InChI=1S/C7H7F3N2O/c8-6(9)4-2-12-7(10)3(1-11)5(4)13/h2,6H,1,11H2,(H,12,13). The average Bonchev–Trinajstić information content (AvgIpc) is 2.04. The highest BCUT2D eigenvalue weighted by atomic mass is 19.3. The van der Waals surface area contributed by atoms with Gasteiger partial charge in [0.1, 0.15) is 0 Å². The van der Waals surface area contributed by atoms with Gasteiger partial charge in [-0.1, -0.05) is 0 Å². The minimum Gasteiger partial charge on any atom is -0.338 e. The summed E-state index contributed by atoms with van der Waals surface area (Å²) in [6, 6.07) is 0. The predicted octanol–water partition coefficient (Wildman–Crippen LogP) is 0.910. The number of H-pyrrole nitrogens is 1. The molecule has 72 valence electrons. The molecule has 0 aliphatic rings. The van der Waals surface area contributed by atoms with E-state index in [0.29, 0.717) is 6.20 Å². The van der Waals surface area contributed by atoms with Gasteiger partial charge < -0.3 is 10.7 Å². The molecule has 1 aromatic rings. The number of aromatic amines is 1. The normalized spacial score (nSPS) is 10.8. The molecule has 0 aliphatic heterocycles. The highest BCUT2D eigenvalue weighted by Gasteiger charge is 2.16. The molecule has 0 saturated heterocycles. The molecule has 0 saturated carbocycles. The van der Waals surface area contributed by atoms with Crippen molar-refractivity contribution in [3.05, 3.63) is 33.5 Å².